The van der Waals surface area contributed by atoms with Crippen LogP contribution in [0.25, 0.3) is 0 Å². The molecule has 0 spiro atoms. The number of amides is 1. The van der Waals surface area contributed by atoms with Gasteiger partial charge in [-0.3, -0.25) is 14.4 Å². The zero-order valence-electron chi connectivity index (χ0n) is 10.8. The normalized spacial score (nSPS) is 10.8. The largest absolute Gasteiger partial charge is 0.355 e. The topological polar surface area (TPSA) is 63.1 Å². The van der Waals surface area contributed by atoms with Gasteiger partial charge in [0.05, 0.1) is 13.1 Å². The average molecular weight is 239 g/mol. The Morgan fingerprint density at radius 2 is 2.35 bits per heavy atom. The molecule has 0 bridgehead atoms. The fraction of sp³-hybridized carbons (Fsp3) is 0.727. The molecule has 1 aromatic rings. The van der Waals surface area contributed by atoms with Gasteiger partial charge in [0.2, 0.25) is 5.91 Å². The standard InChI is InChI=1S/C11H21N5O/c1-4-5-6-12-11(17)8-15(2)7-10-13-9-14-16(10)3/h9H,4-8H2,1-3H3,(H,12,17). The molecule has 0 saturated heterocycles. The Labute approximate surface area is 102 Å². The van der Waals surface area contributed by atoms with E-state index in [1.54, 1.807) is 4.68 Å². The molecule has 0 radical (unpaired) electrons. The Morgan fingerprint density at radius 3 is 2.94 bits per heavy atom. The molecular formula is C11H21N5O. The molecule has 17 heavy (non-hydrogen) atoms. The summed E-state index contributed by atoms with van der Waals surface area (Å²) in [6.45, 7) is 3.87. The second kappa shape index (κ2) is 7.01. The summed E-state index contributed by atoms with van der Waals surface area (Å²) in [5.41, 5.74) is 0. The van der Waals surface area contributed by atoms with Crippen molar-refractivity contribution in [2.24, 2.45) is 7.05 Å². The Kier molecular flexibility index (Phi) is 5.62. The maximum absolute atomic E-state index is 11.5. The van der Waals surface area contributed by atoms with E-state index in [0.717, 1.165) is 25.2 Å². The number of hydrogen-bond acceptors (Lipinski definition) is 4. The molecule has 0 aliphatic carbocycles. The molecule has 1 amide bonds. The summed E-state index contributed by atoms with van der Waals surface area (Å²) in [6, 6.07) is 0. The van der Waals surface area contributed by atoms with Gasteiger partial charge < -0.3 is 5.32 Å². The third-order valence-corrected chi connectivity index (χ3v) is 2.48. The molecule has 1 aromatic heterocycles. The molecule has 0 aliphatic heterocycles. The predicted octanol–water partition coefficient (Wildman–Crippen LogP) is 0.163. The number of carbonyl (C=O) groups excluding carboxylic acids is 1. The smallest absolute Gasteiger partial charge is 0.234 e. The van der Waals surface area contributed by atoms with Crippen molar-refractivity contribution in [3.63, 3.8) is 0 Å². The summed E-state index contributed by atoms with van der Waals surface area (Å²) >= 11 is 0. The van der Waals surface area contributed by atoms with Gasteiger partial charge in [0.1, 0.15) is 12.2 Å². The molecule has 0 unspecified atom stereocenters. The minimum absolute atomic E-state index is 0.0584. The molecular weight excluding hydrogens is 218 g/mol. The molecule has 0 aromatic carbocycles. The number of hydrogen-bond donors (Lipinski definition) is 1. The van der Waals surface area contributed by atoms with E-state index in [4.69, 9.17) is 0 Å². The molecule has 6 heteroatoms. The van der Waals surface area contributed by atoms with Crippen molar-refractivity contribution < 1.29 is 4.79 Å². The third kappa shape index (κ3) is 4.95. The molecule has 0 aliphatic rings. The molecule has 1 rings (SSSR count). The summed E-state index contributed by atoms with van der Waals surface area (Å²) in [4.78, 5) is 17.6. The Balaban J connectivity index is 2.27. The van der Waals surface area contributed by atoms with Gasteiger partial charge in [-0.15, -0.1) is 0 Å². The van der Waals surface area contributed by atoms with Crippen LogP contribution < -0.4 is 5.32 Å². The first-order valence-corrected chi connectivity index (χ1v) is 5.91. The first-order valence-electron chi connectivity index (χ1n) is 5.91. The molecule has 6 nitrogen and oxygen atoms in total. The quantitative estimate of drug-likeness (QED) is 0.689. The van der Waals surface area contributed by atoms with Crippen LogP contribution in [0.1, 0.15) is 25.6 Å². The van der Waals surface area contributed by atoms with Crippen molar-refractivity contribution in [1.82, 2.24) is 25.0 Å². The maximum Gasteiger partial charge on any atom is 0.234 e. The lowest BCUT2D eigenvalue weighted by Crippen LogP contribution is -2.35. The SMILES string of the molecule is CCCCNC(=O)CN(C)Cc1ncnn1C. The number of nitrogens with zero attached hydrogens (tertiary/aromatic N) is 4. The van der Waals surface area contributed by atoms with Gasteiger partial charge in [0.15, 0.2) is 0 Å². The minimum atomic E-state index is 0.0584. The fourth-order valence-electron chi connectivity index (χ4n) is 1.47. The van der Waals surface area contributed by atoms with E-state index >= 15 is 0 Å². The van der Waals surface area contributed by atoms with Gasteiger partial charge in [0, 0.05) is 13.6 Å². The number of likely N-dealkylation sites (N-methyl/N-ethyl adjacent to an activating group) is 1. The lowest BCUT2D eigenvalue weighted by atomic mass is 10.3. The van der Waals surface area contributed by atoms with Gasteiger partial charge in [-0.05, 0) is 13.5 Å². The molecule has 1 N–H and O–H groups in total. The summed E-state index contributed by atoms with van der Waals surface area (Å²) < 4.78 is 1.71. The van der Waals surface area contributed by atoms with Gasteiger partial charge in [-0.1, -0.05) is 13.3 Å². The van der Waals surface area contributed by atoms with E-state index in [-0.39, 0.29) is 5.91 Å². The van der Waals surface area contributed by atoms with Crippen molar-refractivity contribution in [3.05, 3.63) is 12.2 Å². The first-order chi connectivity index (χ1) is 8.13. The van der Waals surface area contributed by atoms with Crippen LogP contribution in [0.4, 0.5) is 0 Å². The highest BCUT2D eigenvalue weighted by atomic mass is 16.2. The number of aryl methyl sites for hydroxylation is 1. The lowest BCUT2D eigenvalue weighted by Gasteiger charge is -2.15. The van der Waals surface area contributed by atoms with Crippen LogP contribution in [-0.4, -0.2) is 45.7 Å². The Morgan fingerprint density at radius 1 is 1.59 bits per heavy atom. The second-order valence-corrected chi connectivity index (χ2v) is 4.18. The summed E-state index contributed by atoms with van der Waals surface area (Å²) in [7, 11) is 3.74. The van der Waals surface area contributed by atoms with Crippen LogP contribution in [0.15, 0.2) is 6.33 Å². The van der Waals surface area contributed by atoms with E-state index in [0.29, 0.717) is 13.1 Å². The van der Waals surface area contributed by atoms with Crippen LogP contribution >= 0.6 is 0 Å². The molecule has 1 heterocycles. The lowest BCUT2D eigenvalue weighted by molar-refractivity contribution is -0.122. The van der Waals surface area contributed by atoms with Gasteiger partial charge in [-0.2, -0.15) is 5.10 Å². The van der Waals surface area contributed by atoms with Crippen molar-refractivity contribution in [3.8, 4) is 0 Å². The number of nitrogens with one attached hydrogen (secondary N) is 1. The first kappa shape index (κ1) is 13.6. The number of rotatable bonds is 7. The highest BCUT2D eigenvalue weighted by Gasteiger charge is 2.09. The van der Waals surface area contributed by atoms with Gasteiger partial charge in [0.25, 0.3) is 0 Å². The van der Waals surface area contributed by atoms with Crippen molar-refractivity contribution in [2.75, 3.05) is 20.1 Å². The molecule has 0 atom stereocenters. The van der Waals surface area contributed by atoms with Crippen molar-refractivity contribution in [2.45, 2.75) is 26.3 Å². The van der Waals surface area contributed by atoms with Crippen molar-refractivity contribution in [1.29, 1.82) is 0 Å². The van der Waals surface area contributed by atoms with E-state index in [1.165, 1.54) is 6.33 Å². The fourth-order valence-corrected chi connectivity index (χ4v) is 1.47. The van der Waals surface area contributed by atoms with E-state index in [1.807, 2.05) is 19.0 Å². The third-order valence-electron chi connectivity index (χ3n) is 2.48. The van der Waals surface area contributed by atoms with E-state index in [2.05, 4.69) is 22.3 Å². The number of unbranched alkanes of at least 4 members (excludes halogenated alkanes) is 1. The summed E-state index contributed by atoms with van der Waals surface area (Å²) in [5.74, 6) is 0.914. The highest BCUT2D eigenvalue weighted by Crippen LogP contribution is 1.96. The zero-order chi connectivity index (χ0) is 12.7. The van der Waals surface area contributed by atoms with E-state index < -0.39 is 0 Å². The maximum atomic E-state index is 11.5. The van der Waals surface area contributed by atoms with Crippen LogP contribution in [0, 0.1) is 0 Å². The zero-order valence-corrected chi connectivity index (χ0v) is 10.8. The molecule has 96 valence electrons. The monoisotopic (exact) mass is 239 g/mol. The summed E-state index contributed by atoms with van der Waals surface area (Å²) in [5, 5.41) is 6.87. The second-order valence-electron chi connectivity index (χ2n) is 4.18. The molecule has 0 fully saturated rings. The van der Waals surface area contributed by atoms with Crippen LogP contribution in [0.2, 0.25) is 0 Å². The van der Waals surface area contributed by atoms with Crippen LogP contribution in [0.3, 0.4) is 0 Å². The number of carbonyl (C=O) groups is 1. The summed E-state index contributed by atoms with van der Waals surface area (Å²) in [6.07, 6.45) is 3.64. The molecule has 0 saturated carbocycles. The number of aromatic nitrogens is 3. The van der Waals surface area contributed by atoms with Gasteiger partial charge in [-0.25, -0.2) is 4.98 Å². The minimum Gasteiger partial charge on any atom is -0.355 e. The van der Waals surface area contributed by atoms with Crippen molar-refractivity contribution >= 4 is 5.91 Å². The highest BCUT2D eigenvalue weighted by molar-refractivity contribution is 5.77. The average Bonchev–Trinajstić information content (AvgIpc) is 2.64. The van der Waals surface area contributed by atoms with Crippen LogP contribution in [-0.2, 0) is 18.4 Å². The van der Waals surface area contributed by atoms with Gasteiger partial charge >= 0.3 is 0 Å². The Bertz CT molecular complexity index is 349. The van der Waals surface area contributed by atoms with Crippen LogP contribution in [0.5, 0.6) is 0 Å². The Hall–Kier alpha value is -1.43. The predicted molar refractivity (Wildman–Crippen MR) is 65.3 cm³/mol. The van der Waals surface area contributed by atoms with E-state index in [9.17, 15) is 4.79 Å².